The minimum absolute atomic E-state index is 0.0120. The van der Waals surface area contributed by atoms with Gasteiger partial charge in [0.15, 0.2) is 0 Å². The van der Waals surface area contributed by atoms with E-state index in [1.54, 1.807) is 0 Å². The second-order valence-electron chi connectivity index (χ2n) is 16.9. The number of nitrogens with two attached hydrogens (primary N) is 1. The van der Waals surface area contributed by atoms with Crippen molar-refractivity contribution in [1.82, 2.24) is 41.9 Å². The number of carboxylic acids is 1. The highest BCUT2D eigenvalue weighted by atomic mass is 16.4. The van der Waals surface area contributed by atoms with Crippen LogP contribution in [0.1, 0.15) is 114 Å². The van der Waals surface area contributed by atoms with Crippen molar-refractivity contribution in [2.24, 2.45) is 35.3 Å². The molecule has 17 heteroatoms. The number of carbonyl (C=O) groups excluding carboxylic acids is 6. The average molecular weight is 792 g/mol. The van der Waals surface area contributed by atoms with Crippen LogP contribution in [0.4, 0.5) is 0 Å². The molecule has 56 heavy (non-hydrogen) atoms. The van der Waals surface area contributed by atoms with E-state index in [0.29, 0.717) is 12.1 Å². The smallest absolute Gasteiger partial charge is 0.326 e. The Hall–Kier alpha value is -4.54. The summed E-state index contributed by atoms with van der Waals surface area (Å²) in [4.78, 5) is 100. The summed E-state index contributed by atoms with van der Waals surface area (Å²) in [7, 11) is 0. The quantitative estimate of drug-likeness (QED) is 0.0689. The van der Waals surface area contributed by atoms with Gasteiger partial charge in [-0.25, -0.2) is 9.78 Å². The largest absolute Gasteiger partial charge is 0.480 e. The molecule has 0 aliphatic carbocycles. The van der Waals surface area contributed by atoms with Gasteiger partial charge in [-0.05, 0) is 68.6 Å². The third-order valence-corrected chi connectivity index (χ3v) is 8.71. The van der Waals surface area contributed by atoms with Crippen molar-refractivity contribution >= 4 is 41.4 Å². The maximum atomic E-state index is 14.1. The van der Waals surface area contributed by atoms with Crippen molar-refractivity contribution in [3.63, 3.8) is 0 Å². The third kappa shape index (κ3) is 18.9. The molecular formula is C39H69N9O8. The molecule has 0 saturated heterocycles. The van der Waals surface area contributed by atoms with Crippen LogP contribution in [-0.4, -0.2) is 98.8 Å². The summed E-state index contributed by atoms with van der Waals surface area (Å²) < 4.78 is 0. The summed E-state index contributed by atoms with van der Waals surface area (Å²) in [5, 5.41) is 26.0. The number of nitrogens with zero attached hydrogens (tertiary/aromatic N) is 1. The van der Waals surface area contributed by atoms with Gasteiger partial charge in [-0.15, -0.1) is 0 Å². The highest BCUT2D eigenvalue weighted by Gasteiger charge is 2.34. The molecule has 0 saturated carbocycles. The van der Waals surface area contributed by atoms with E-state index in [4.69, 9.17) is 5.73 Å². The second kappa shape index (κ2) is 24.2. The van der Waals surface area contributed by atoms with Gasteiger partial charge in [0, 0.05) is 18.3 Å². The fourth-order valence-corrected chi connectivity index (χ4v) is 5.99. The van der Waals surface area contributed by atoms with Crippen LogP contribution in [0.2, 0.25) is 0 Å². The fourth-order valence-electron chi connectivity index (χ4n) is 5.99. The Morgan fingerprint density at radius 2 is 0.804 bits per heavy atom. The number of rotatable bonds is 25. The van der Waals surface area contributed by atoms with E-state index < -0.39 is 83.7 Å². The first-order valence-corrected chi connectivity index (χ1v) is 19.8. The Morgan fingerprint density at radius 1 is 0.518 bits per heavy atom. The third-order valence-electron chi connectivity index (χ3n) is 8.71. The number of aromatic amines is 1. The Bertz CT molecular complexity index is 1430. The predicted molar refractivity (Wildman–Crippen MR) is 212 cm³/mol. The van der Waals surface area contributed by atoms with E-state index in [1.165, 1.54) is 19.4 Å². The van der Waals surface area contributed by atoms with Crippen molar-refractivity contribution < 1.29 is 38.7 Å². The number of aromatic nitrogens is 2. The number of H-pyrrole nitrogens is 1. The lowest BCUT2D eigenvalue weighted by atomic mass is 9.98. The lowest BCUT2D eigenvalue weighted by molar-refractivity contribution is -0.143. The van der Waals surface area contributed by atoms with Crippen LogP contribution in [0, 0.1) is 29.6 Å². The zero-order valence-electron chi connectivity index (χ0n) is 35.2. The molecule has 0 fully saturated rings. The van der Waals surface area contributed by atoms with Crippen LogP contribution < -0.4 is 37.6 Å². The number of imidazole rings is 1. The maximum Gasteiger partial charge on any atom is 0.326 e. The molecule has 0 unspecified atom stereocenters. The van der Waals surface area contributed by atoms with E-state index in [0.717, 1.165) is 0 Å². The number of carbonyl (C=O) groups is 7. The lowest BCUT2D eigenvalue weighted by Gasteiger charge is -2.29. The standard InChI is InChI=1S/C39H69N9O8/c1-20(2)12-27(43-33(49)25(11)40)34(50)44-29(14-22(5)6)36(52)47-31(17-26-18-41-19-42-26)38(54)46-28(13-21(3)4)35(51)45-30(15-23(7)8)37(53)48-32(39(55)56)16-24(9)10/h18-25,27-32H,12-17,40H2,1-11H3,(H,41,42)(H,43,49)(H,44,50)(H,45,51)(H,46,54)(H,47,52)(H,48,53)(H,55,56)/t25-,27-,28-,29-,30-,31-,32-/m0/s1. The van der Waals surface area contributed by atoms with Gasteiger partial charge in [-0.1, -0.05) is 69.2 Å². The van der Waals surface area contributed by atoms with E-state index in [2.05, 4.69) is 41.9 Å². The molecule has 7 atom stereocenters. The molecule has 0 aliphatic heterocycles. The number of amides is 6. The lowest BCUT2D eigenvalue weighted by Crippen LogP contribution is -2.60. The highest BCUT2D eigenvalue weighted by molar-refractivity contribution is 5.97. The number of carboxylic acid groups (broad SMARTS) is 1. The minimum Gasteiger partial charge on any atom is -0.480 e. The monoisotopic (exact) mass is 792 g/mol. The van der Waals surface area contributed by atoms with Crippen LogP contribution >= 0.6 is 0 Å². The van der Waals surface area contributed by atoms with Crippen LogP contribution in [0.25, 0.3) is 0 Å². The summed E-state index contributed by atoms with van der Waals surface area (Å²) in [5.74, 6) is -5.09. The Morgan fingerprint density at radius 3 is 1.09 bits per heavy atom. The topological polar surface area (TPSA) is 267 Å². The molecular weight excluding hydrogens is 722 g/mol. The van der Waals surface area contributed by atoms with Crippen molar-refractivity contribution in [1.29, 1.82) is 0 Å². The Balaban J connectivity index is 3.40. The zero-order valence-corrected chi connectivity index (χ0v) is 35.2. The van der Waals surface area contributed by atoms with Crippen molar-refractivity contribution in [2.45, 2.75) is 157 Å². The van der Waals surface area contributed by atoms with Crippen molar-refractivity contribution in [2.75, 3.05) is 0 Å². The van der Waals surface area contributed by atoms with Gasteiger partial charge in [0.1, 0.15) is 36.3 Å². The molecule has 6 amide bonds. The molecule has 1 aromatic rings. The van der Waals surface area contributed by atoms with Crippen LogP contribution in [0.5, 0.6) is 0 Å². The van der Waals surface area contributed by atoms with Crippen molar-refractivity contribution in [3.05, 3.63) is 18.2 Å². The fraction of sp³-hybridized carbons (Fsp3) is 0.744. The first-order valence-electron chi connectivity index (χ1n) is 19.8. The van der Waals surface area contributed by atoms with E-state index in [-0.39, 0.29) is 61.7 Å². The number of nitrogens with one attached hydrogen (secondary N) is 7. The Kier molecular flexibility index (Phi) is 21.4. The van der Waals surface area contributed by atoms with Gasteiger partial charge in [0.05, 0.1) is 12.4 Å². The molecule has 1 aromatic heterocycles. The molecule has 0 bridgehead atoms. The molecule has 0 aromatic carbocycles. The summed E-state index contributed by atoms with van der Waals surface area (Å²) in [5.41, 5.74) is 6.24. The van der Waals surface area contributed by atoms with Crippen LogP contribution in [0.15, 0.2) is 12.5 Å². The maximum absolute atomic E-state index is 14.1. The minimum atomic E-state index is -1.23. The summed E-state index contributed by atoms with van der Waals surface area (Å²) in [6.45, 7) is 20.2. The molecule has 17 nitrogen and oxygen atoms in total. The number of aliphatic carboxylic acids is 1. The van der Waals surface area contributed by atoms with Gasteiger partial charge in [0.25, 0.3) is 0 Å². The first-order chi connectivity index (χ1) is 26.0. The van der Waals surface area contributed by atoms with Gasteiger partial charge >= 0.3 is 5.97 Å². The summed E-state index contributed by atoms with van der Waals surface area (Å²) >= 11 is 0. The molecule has 318 valence electrons. The Labute approximate surface area is 332 Å². The normalized spacial score (nSPS) is 15.4. The average Bonchev–Trinajstić information content (AvgIpc) is 3.58. The molecule has 0 aliphatic rings. The van der Waals surface area contributed by atoms with E-state index in [1.807, 2.05) is 69.2 Å². The summed E-state index contributed by atoms with van der Waals surface area (Å²) in [6.07, 6.45) is 3.97. The molecule has 1 heterocycles. The number of hydrogen-bond donors (Lipinski definition) is 9. The highest BCUT2D eigenvalue weighted by Crippen LogP contribution is 2.13. The van der Waals surface area contributed by atoms with Gasteiger partial charge in [0.2, 0.25) is 35.4 Å². The SMILES string of the molecule is CC(C)C[C@H](NC(=O)[C@H](CC(C)C)NC(=O)[C@H](CC(C)C)NC(=O)[C@H](Cc1cnc[nH]1)NC(=O)[C@H](CC(C)C)NC(=O)[C@H](CC(C)C)NC(=O)[C@H](C)N)C(=O)O. The molecule has 10 N–H and O–H groups in total. The number of hydrogen-bond acceptors (Lipinski definition) is 9. The molecule has 1 rings (SSSR count). The van der Waals surface area contributed by atoms with Gasteiger partial charge < -0.3 is 47.7 Å². The second-order valence-corrected chi connectivity index (χ2v) is 16.9. The predicted octanol–water partition coefficient (Wildman–Crippen LogP) is 1.52. The van der Waals surface area contributed by atoms with Gasteiger partial charge in [-0.2, -0.15) is 0 Å². The zero-order chi connectivity index (χ0) is 42.9. The molecule has 0 radical (unpaired) electrons. The molecule has 0 spiro atoms. The summed E-state index contributed by atoms with van der Waals surface area (Å²) in [6, 6.07) is -7.49. The van der Waals surface area contributed by atoms with Crippen LogP contribution in [0.3, 0.4) is 0 Å². The van der Waals surface area contributed by atoms with E-state index in [9.17, 15) is 38.7 Å². The van der Waals surface area contributed by atoms with Crippen LogP contribution in [-0.2, 0) is 40.0 Å². The first kappa shape index (κ1) is 49.5. The van der Waals surface area contributed by atoms with Crippen molar-refractivity contribution in [3.8, 4) is 0 Å². The van der Waals surface area contributed by atoms with Gasteiger partial charge in [-0.3, -0.25) is 28.8 Å². The van der Waals surface area contributed by atoms with E-state index >= 15 is 0 Å².